The van der Waals surface area contributed by atoms with Gasteiger partial charge in [-0.25, -0.2) is 4.98 Å². The third kappa shape index (κ3) is 2.64. The Morgan fingerprint density at radius 2 is 1.41 bits per heavy atom. The van der Waals surface area contributed by atoms with Gasteiger partial charge in [-0.15, -0.1) is 0 Å². The Hall–Kier alpha value is -0.180. The molecule has 0 radical (unpaired) electrons. The lowest BCUT2D eigenvalue weighted by molar-refractivity contribution is 1.33. The van der Waals surface area contributed by atoms with Crippen molar-refractivity contribution in [1.29, 1.82) is 0 Å². The Morgan fingerprint density at radius 1 is 0.824 bits per heavy atom. The quantitative estimate of drug-likeness (QED) is 0.461. The van der Waals surface area contributed by atoms with Crippen LogP contribution >= 0.6 is 58.0 Å². The van der Waals surface area contributed by atoms with E-state index in [1.807, 2.05) is 0 Å². The summed E-state index contributed by atoms with van der Waals surface area (Å²) in [6, 6.07) is 5.07. The highest BCUT2D eigenvalue weighted by Gasteiger charge is 2.12. The zero-order valence-corrected chi connectivity index (χ0v) is 11.9. The molecular weight excluding hydrogens is 323 g/mol. The fourth-order valence-electron chi connectivity index (χ4n) is 1.35. The smallest absolute Gasteiger partial charge is 0.148 e. The van der Waals surface area contributed by atoms with Crippen LogP contribution < -0.4 is 0 Å². The van der Waals surface area contributed by atoms with Gasteiger partial charge >= 0.3 is 0 Å². The molecule has 0 aliphatic carbocycles. The van der Waals surface area contributed by atoms with Gasteiger partial charge in [0.15, 0.2) is 0 Å². The largest absolute Gasteiger partial charge is 0.243 e. The number of halogens is 5. The van der Waals surface area contributed by atoms with Gasteiger partial charge in [-0.1, -0.05) is 58.0 Å². The lowest BCUT2D eigenvalue weighted by Crippen LogP contribution is -1.84. The van der Waals surface area contributed by atoms with Crippen molar-refractivity contribution >= 4 is 58.0 Å². The normalized spacial score (nSPS) is 10.6. The fourth-order valence-corrected chi connectivity index (χ4v) is 2.33. The molecule has 0 N–H and O–H groups in total. The molecule has 2 aromatic rings. The van der Waals surface area contributed by atoms with E-state index in [1.54, 1.807) is 24.4 Å². The topological polar surface area (TPSA) is 12.9 Å². The average Bonchev–Trinajstić information content (AvgIpc) is 2.29. The van der Waals surface area contributed by atoms with Crippen LogP contribution in [0.1, 0.15) is 0 Å². The Labute approximate surface area is 123 Å². The van der Waals surface area contributed by atoms with E-state index in [0.717, 1.165) is 5.56 Å². The van der Waals surface area contributed by atoms with Crippen LogP contribution in [0.2, 0.25) is 25.2 Å². The summed E-state index contributed by atoms with van der Waals surface area (Å²) in [5.74, 6) is 0. The Bertz CT molecular complexity index is 559. The Balaban J connectivity index is 2.65. The molecule has 17 heavy (non-hydrogen) atoms. The van der Waals surface area contributed by atoms with Crippen molar-refractivity contribution in [3.05, 3.63) is 49.6 Å². The van der Waals surface area contributed by atoms with E-state index in [9.17, 15) is 0 Å². The van der Waals surface area contributed by atoms with Crippen molar-refractivity contribution < 1.29 is 0 Å². The maximum absolute atomic E-state index is 6.06. The molecule has 0 saturated heterocycles. The van der Waals surface area contributed by atoms with Crippen molar-refractivity contribution in [2.75, 3.05) is 0 Å². The number of rotatable bonds is 1. The summed E-state index contributed by atoms with van der Waals surface area (Å²) < 4.78 is 0. The van der Waals surface area contributed by atoms with Gasteiger partial charge in [-0.3, -0.25) is 0 Å². The lowest BCUT2D eigenvalue weighted by Gasteiger charge is -2.08. The molecule has 1 heterocycles. The summed E-state index contributed by atoms with van der Waals surface area (Å²) in [6.45, 7) is 0. The first-order chi connectivity index (χ1) is 8.00. The summed E-state index contributed by atoms with van der Waals surface area (Å²) in [7, 11) is 0. The fraction of sp³-hybridized carbons (Fsp3) is 0. The molecule has 1 aromatic heterocycles. The molecule has 0 aliphatic heterocycles. The van der Waals surface area contributed by atoms with Gasteiger partial charge in [-0.2, -0.15) is 0 Å². The van der Waals surface area contributed by atoms with Crippen LogP contribution in [0.5, 0.6) is 0 Å². The van der Waals surface area contributed by atoms with Crippen LogP contribution in [0.4, 0.5) is 0 Å². The van der Waals surface area contributed by atoms with Crippen molar-refractivity contribution in [3.63, 3.8) is 0 Å². The Kier molecular flexibility index (Phi) is 4.06. The second-order valence-corrected chi connectivity index (χ2v) is 5.15. The second-order valence-electron chi connectivity index (χ2n) is 3.22. The first-order valence-corrected chi connectivity index (χ1v) is 6.34. The SMILES string of the molecule is Clc1cc(-c2ccnc(Cl)c2Cl)cc(Cl)c1Cl. The molecule has 1 aromatic carbocycles. The second kappa shape index (κ2) is 5.21. The molecule has 0 atom stereocenters. The number of nitrogens with zero attached hydrogens (tertiary/aromatic N) is 1. The number of aromatic nitrogens is 1. The van der Waals surface area contributed by atoms with Crippen molar-refractivity contribution in [3.8, 4) is 11.1 Å². The zero-order chi connectivity index (χ0) is 12.6. The molecule has 0 bridgehead atoms. The molecule has 0 unspecified atom stereocenters. The molecule has 0 aliphatic rings. The maximum atomic E-state index is 6.06. The molecule has 0 fully saturated rings. The van der Waals surface area contributed by atoms with E-state index >= 15 is 0 Å². The van der Waals surface area contributed by atoms with Crippen LogP contribution in [0.25, 0.3) is 11.1 Å². The van der Waals surface area contributed by atoms with Crippen LogP contribution in [0, 0.1) is 0 Å². The van der Waals surface area contributed by atoms with E-state index in [1.165, 1.54) is 0 Å². The third-order valence-corrected chi connectivity index (χ3v) is 4.10. The van der Waals surface area contributed by atoms with E-state index in [4.69, 9.17) is 58.0 Å². The maximum Gasteiger partial charge on any atom is 0.148 e. The van der Waals surface area contributed by atoms with Gasteiger partial charge < -0.3 is 0 Å². The highest BCUT2D eigenvalue weighted by atomic mass is 35.5. The number of pyridine rings is 1. The standard InChI is InChI=1S/C11H4Cl5N/c12-7-3-5(4-8(13)10(7)15)6-1-2-17-11(16)9(6)14/h1-4H. The molecule has 6 heteroatoms. The summed E-state index contributed by atoms with van der Waals surface area (Å²) in [6.07, 6.45) is 1.56. The van der Waals surface area contributed by atoms with Crippen LogP contribution in [0.15, 0.2) is 24.4 Å². The predicted molar refractivity (Wildman–Crippen MR) is 74.7 cm³/mol. The summed E-state index contributed by atoms with van der Waals surface area (Å²) >= 11 is 29.7. The van der Waals surface area contributed by atoms with E-state index in [2.05, 4.69) is 4.98 Å². The van der Waals surface area contributed by atoms with Gasteiger partial charge in [0.2, 0.25) is 0 Å². The van der Waals surface area contributed by atoms with Crippen LogP contribution in [-0.4, -0.2) is 4.98 Å². The van der Waals surface area contributed by atoms with Gasteiger partial charge in [-0.05, 0) is 23.8 Å². The lowest BCUT2D eigenvalue weighted by atomic mass is 10.1. The highest BCUT2D eigenvalue weighted by Crippen LogP contribution is 2.38. The minimum atomic E-state index is 0.228. The van der Waals surface area contributed by atoms with Crippen molar-refractivity contribution in [1.82, 2.24) is 4.98 Å². The van der Waals surface area contributed by atoms with Crippen LogP contribution in [-0.2, 0) is 0 Å². The van der Waals surface area contributed by atoms with Gasteiger partial charge in [0.05, 0.1) is 20.1 Å². The Morgan fingerprint density at radius 3 is 2.00 bits per heavy atom. The summed E-state index contributed by atoms with van der Waals surface area (Å²) in [5, 5.41) is 1.61. The van der Waals surface area contributed by atoms with Crippen molar-refractivity contribution in [2.24, 2.45) is 0 Å². The summed E-state index contributed by atoms with van der Waals surface area (Å²) in [4.78, 5) is 3.87. The van der Waals surface area contributed by atoms with Gasteiger partial charge in [0, 0.05) is 11.8 Å². The average molecular weight is 327 g/mol. The van der Waals surface area contributed by atoms with E-state index in [-0.39, 0.29) is 5.15 Å². The molecule has 88 valence electrons. The minimum Gasteiger partial charge on any atom is -0.243 e. The van der Waals surface area contributed by atoms with E-state index < -0.39 is 0 Å². The molecule has 2 rings (SSSR count). The molecular formula is C11H4Cl5N. The molecule has 1 nitrogen and oxygen atoms in total. The highest BCUT2D eigenvalue weighted by molar-refractivity contribution is 6.48. The number of hydrogen-bond donors (Lipinski definition) is 0. The first-order valence-electron chi connectivity index (χ1n) is 4.45. The number of hydrogen-bond acceptors (Lipinski definition) is 1. The minimum absolute atomic E-state index is 0.228. The zero-order valence-electron chi connectivity index (χ0n) is 8.15. The molecule has 0 spiro atoms. The monoisotopic (exact) mass is 325 g/mol. The molecule has 0 amide bonds. The van der Waals surface area contributed by atoms with Gasteiger partial charge in [0.25, 0.3) is 0 Å². The molecule has 0 saturated carbocycles. The van der Waals surface area contributed by atoms with Crippen LogP contribution in [0.3, 0.4) is 0 Å². The number of benzene rings is 1. The van der Waals surface area contributed by atoms with Crippen molar-refractivity contribution in [2.45, 2.75) is 0 Å². The third-order valence-electron chi connectivity index (χ3n) is 2.14. The first kappa shape index (κ1) is 13.3. The van der Waals surface area contributed by atoms with E-state index in [0.29, 0.717) is 25.7 Å². The predicted octanol–water partition coefficient (Wildman–Crippen LogP) is 6.02. The summed E-state index contributed by atoms with van der Waals surface area (Å²) in [5.41, 5.74) is 1.44. The van der Waals surface area contributed by atoms with Gasteiger partial charge in [0.1, 0.15) is 5.15 Å².